The maximum absolute atomic E-state index is 13.2. The lowest BCUT2D eigenvalue weighted by Gasteiger charge is -2.31. The second kappa shape index (κ2) is 12.3. The summed E-state index contributed by atoms with van der Waals surface area (Å²) in [5.41, 5.74) is 3.49. The van der Waals surface area contributed by atoms with E-state index in [2.05, 4.69) is 10.6 Å². The van der Waals surface area contributed by atoms with Gasteiger partial charge in [0.05, 0.1) is 40.6 Å². The standard InChI is InChI=1S/C28H26Cl2N2O4S/c1-3-34-23-15-19(11-13-22(23)36-16-17-10-12-20(29)21(30)14-17)26-24(27(33)35-4-2)25(31-28(37)32-26)18-8-6-5-7-9-18/h5-15,26H,3-4,16H2,1-2H3,(H2,31,32,37)/t26-/m0/s1. The summed E-state index contributed by atoms with van der Waals surface area (Å²) in [7, 11) is 0. The molecule has 0 aliphatic carbocycles. The molecule has 0 unspecified atom stereocenters. The highest BCUT2D eigenvalue weighted by Crippen LogP contribution is 2.37. The van der Waals surface area contributed by atoms with Crippen LogP contribution in [0.2, 0.25) is 10.0 Å². The molecule has 0 aromatic heterocycles. The van der Waals surface area contributed by atoms with Crippen LogP contribution < -0.4 is 20.1 Å². The van der Waals surface area contributed by atoms with Gasteiger partial charge in [-0.2, -0.15) is 0 Å². The molecule has 2 N–H and O–H groups in total. The van der Waals surface area contributed by atoms with Crippen LogP contribution in [0.25, 0.3) is 5.70 Å². The first-order valence-corrected chi connectivity index (χ1v) is 12.9. The van der Waals surface area contributed by atoms with Crippen LogP contribution in [-0.2, 0) is 16.1 Å². The molecule has 1 aliphatic rings. The fourth-order valence-electron chi connectivity index (χ4n) is 3.96. The number of thiocarbonyl (C=S) groups is 1. The summed E-state index contributed by atoms with van der Waals surface area (Å²) in [5.74, 6) is 0.653. The highest BCUT2D eigenvalue weighted by Gasteiger charge is 2.33. The molecule has 1 atom stereocenters. The van der Waals surface area contributed by atoms with Crippen molar-refractivity contribution in [3.8, 4) is 11.5 Å². The van der Waals surface area contributed by atoms with Crippen molar-refractivity contribution in [3.63, 3.8) is 0 Å². The van der Waals surface area contributed by atoms with Crippen molar-refractivity contribution in [1.82, 2.24) is 10.6 Å². The number of hydrogen-bond donors (Lipinski definition) is 2. The summed E-state index contributed by atoms with van der Waals surface area (Å²) in [6.07, 6.45) is 0. The van der Waals surface area contributed by atoms with Gasteiger partial charge in [-0.25, -0.2) is 4.79 Å². The van der Waals surface area contributed by atoms with Crippen LogP contribution in [0.4, 0.5) is 0 Å². The monoisotopic (exact) mass is 556 g/mol. The Hall–Kier alpha value is -3.26. The number of ether oxygens (including phenoxy) is 3. The SMILES string of the molecule is CCOC(=O)C1=C(c2ccccc2)NC(=S)N[C@H]1c1ccc(OCc2ccc(Cl)c(Cl)c2)c(OCC)c1. The number of halogens is 2. The quantitative estimate of drug-likeness (QED) is 0.231. The third-order valence-corrected chi connectivity index (χ3v) is 6.57. The van der Waals surface area contributed by atoms with Crippen molar-refractivity contribution in [2.24, 2.45) is 0 Å². The molecule has 9 heteroatoms. The number of benzene rings is 3. The number of rotatable bonds is 9. The zero-order valence-electron chi connectivity index (χ0n) is 20.3. The lowest BCUT2D eigenvalue weighted by Crippen LogP contribution is -2.45. The van der Waals surface area contributed by atoms with Crippen molar-refractivity contribution >= 4 is 52.2 Å². The second-order valence-electron chi connectivity index (χ2n) is 8.08. The maximum atomic E-state index is 13.2. The lowest BCUT2D eigenvalue weighted by molar-refractivity contribution is -0.138. The number of hydrogen-bond acceptors (Lipinski definition) is 5. The van der Waals surface area contributed by atoms with Gasteiger partial charge < -0.3 is 24.8 Å². The number of nitrogens with one attached hydrogen (secondary N) is 2. The van der Waals surface area contributed by atoms with Gasteiger partial charge in [0.25, 0.3) is 0 Å². The Labute approximate surface area is 231 Å². The normalized spacial score (nSPS) is 15.0. The molecule has 0 saturated heterocycles. The Morgan fingerprint density at radius 3 is 2.41 bits per heavy atom. The van der Waals surface area contributed by atoms with Crippen LogP contribution in [-0.4, -0.2) is 24.3 Å². The molecule has 0 radical (unpaired) electrons. The van der Waals surface area contributed by atoms with Crippen molar-refractivity contribution in [2.75, 3.05) is 13.2 Å². The van der Waals surface area contributed by atoms with E-state index in [9.17, 15) is 4.79 Å². The van der Waals surface area contributed by atoms with Crippen LogP contribution in [0.15, 0.2) is 72.3 Å². The van der Waals surface area contributed by atoms with E-state index in [-0.39, 0.29) is 13.2 Å². The molecule has 0 fully saturated rings. The molecule has 37 heavy (non-hydrogen) atoms. The van der Waals surface area contributed by atoms with Gasteiger partial charge in [-0.15, -0.1) is 0 Å². The zero-order chi connectivity index (χ0) is 26.4. The van der Waals surface area contributed by atoms with Crippen LogP contribution in [0.1, 0.15) is 36.6 Å². The molecule has 3 aromatic rings. The predicted molar refractivity (Wildman–Crippen MR) is 150 cm³/mol. The lowest BCUT2D eigenvalue weighted by atomic mass is 9.92. The Balaban J connectivity index is 1.71. The van der Waals surface area contributed by atoms with Gasteiger partial charge in [0.2, 0.25) is 0 Å². The summed E-state index contributed by atoms with van der Waals surface area (Å²) >= 11 is 17.7. The van der Waals surface area contributed by atoms with Gasteiger partial charge in [0.15, 0.2) is 16.6 Å². The van der Waals surface area contributed by atoms with Gasteiger partial charge in [0, 0.05) is 0 Å². The van der Waals surface area contributed by atoms with Gasteiger partial charge in [-0.1, -0.05) is 65.7 Å². The summed E-state index contributed by atoms with van der Waals surface area (Å²) in [5, 5.41) is 7.70. The second-order valence-corrected chi connectivity index (χ2v) is 9.31. The van der Waals surface area contributed by atoms with Crippen molar-refractivity contribution < 1.29 is 19.0 Å². The first-order valence-electron chi connectivity index (χ1n) is 11.8. The zero-order valence-corrected chi connectivity index (χ0v) is 22.7. The third-order valence-electron chi connectivity index (χ3n) is 5.61. The minimum Gasteiger partial charge on any atom is -0.490 e. The van der Waals surface area contributed by atoms with E-state index in [1.807, 2.05) is 61.5 Å². The van der Waals surface area contributed by atoms with Gasteiger partial charge in [0.1, 0.15) is 6.61 Å². The van der Waals surface area contributed by atoms with Crippen molar-refractivity contribution in [1.29, 1.82) is 0 Å². The number of carbonyl (C=O) groups is 1. The molecule has 192 valence electrons. The average Bonchev–Trinajstić information content (AvgIpc) is 2.90. The van der Waals surface area contributed by atoms with E-state index in [0.717, 1.165) is 16.7 Å². The Kier molecular flexibility index (Phi) is 8.92. The molecule has 1 heterocycles. The first kappa shape index (κ1) is 26.8. The van der Waals surface area contributed by atoms with E-state index < -0.39 is 12.0 Å². The van der Waals surface area contributed by atoms with E-state index in [0.29, 0.717) is 44.5 Å². The largest absolute Gasteiger partial charge is 0.490 e. The number of esters is 1. The predicted octanol–water partition coefficient (Wildman–Crippen LogP) is 6.46. The van der Waals surface area contributed by atoms with Crippen molar-refractivity contribution in [3.05, 3.63) is 99.0 Å². The molecule has 6 nitrogen and oxygen atoms in total. The van der Waals surface area contributed by atoms with Gasteiger partial charge in [-0.05, 0) is 67.0 Å². The Morgan fingerprint density at radius 1 is 0.919 bits per heavy atom. The summed E-state index contributed by atoms with van der Waals surface area (Å²) < 4.78 is 17.4. The van der Waals surface area contributed by atoms with E-state index in [1.165, 1.54) is 0 Å². The smallest absolute Gasteiger partial charge is 0.338 e. The summed E-state index contributed by atoms with van der Waals surface area (Å²) in [4.78, 5) is 13.2. The summed E-state index contributed by atoms with van der Waals surface area (Å²) in [6.45, 7) is 4.62. The minimum atomic E-state index is -0.564. The molecule has 0 amide bonds. The molecule has 1 aliphatic heterocycles. The molecule has 0 spiro atoms. The minimum absolute atomic E-state index is 0.243. The van der Waals surface area contributed by atoms with Gasteiger partial charge in [-0.3, -0.25) is 0 Å². The van der Waals surface area contributed by atoms with Crippen LogP contribution in [0, 0.1) is 0 Å². The first-order chi connectivity index (χ1) is 17.9. The summed E-state index contributed by atoms with van der Waals surface area (Å²) in [6, 6.07) is 19.9. The fourth-order valence-corrected chi connectivity index (χ4v) is 4.50. The van der Waals surface area contributed by atoms with Crippen LogP contribution >= 0.6 is 35.4 Å². The Morgan fingerprint density at radius 2 is 1.70 bits per heavy atom. The van der Waals surface area contributed by atoms with E-state index in [4.69, 9.17) is 49.6 Å². The highest BCUT2D eigenvalue weighted by atomic mass is 35.5. The van der Waals surface area contributed by atoms with Crippen molar-refractivity contribution in [2.45, 2.75) is 26.5 Å². The molecule has 0 saturated carbocycles. The van der Waals surface area contributed by atoms with Crippen LogP contribution in [0.3, 0.4) is 0 Å². The van der Waals surface area contributed by atoms with E-state index in [1.54, 1.807) is 19.1 Å². The fraction of sp³-hybridized carbons (Fsp3) is 0.214. The van der Waals surface area contributed by atoms with E-state index >= 15 is 0 Å². The molecular weight excluding hydrogens is 531 g/mol. The topological polar surface area (TPSA) is 68.8 Å². The molecule has 0 bridgehead atoms. The maximum Gasteiger partial charge on any atom is 0.338 e. The molecule has 4 rings (SSSR count). The van der Waals surface area contributed by atoms with Crippen LogP contribution in [0.5, 0.6) is 11.5 Å². The highest BCUT2D eigenvalue weighted by molar-refractivity contribution is 7.80. The third kappa shape index (κ3) is 6.36. The molecular formula is C28H26Cl2N2O4S. The number of carbonyl (C=O) groups excluding carboxylic acids is 1. The van der Waals surface area contributed by atoms with Gasteiger partial charge >= 0.3 is 5.97 Å². The average molecular weight is 557 g/mol. The molecule has 3 aromatic carbocycles. The Bertz CT molecular complexity index is 1330.